The van der Waals surface area contributed by atoms with Crippen LogP contribution in [0.4, 0.5) is 5.69 Å². The highest BCUT2D eigenvalue weighted by molar-refractivity contribution is 9.11. The van der Waals surface area contributed by atoms with E-state index in [9.17, 15) is 0 Å². The fraction of sp³-hybridized carbons (Fsp3) is 0.286. The van der Waals surface area contributed by atoms with Gasteiger partial charge in [-0.05, 0) is 48.0 Å². The van der Waals surface area contributed by atoms with Gasteiger partial charge in [0.25, 0.3) is 0 Å². The molecule has 20 heavy (non-hydrogen) atoms. The molecule has 1 N–H and O–H groups in total. The van der Waals surface area contributed by atoms with E-state index in [2.05, 4.69) is 56.5 Å². The molecule has 0 amide bonds. The molecular weight excluding hydrogens is 336 g/mol. The maximum atomic E-state index is 4.49. The van der Waals surface area contributed by atoms with Gasteiger partial charge in [-0.1, -0.05) is 0 Å². The highest BCUT2D eigenvalue weighted by Gasteiger charge is 2.11. The van der Waals surface area contributed by atoms with E-state index >= 15 is 0 Å². The molecule has 0 saturated heterocycles. The molecule has 1 atom stereocenters. The van der Waals surface area contributed by atoms with Crippen LogP contribution in [0.3, 0.4) is 0 Å². The molecule has 0 spiro atoms. The molecule has 3 aromatic rings. The summed E-state index contributed by atoms with van der Waals surface area (Å²) in [6.07, 6.45) is 1.86. The lowest BCUT2D eigenvalue weighted by Gasteiger charge is -2.13. The summed E-state index contributed by atoms with van der Waals surface area (Å²) in [5, 5.41) is 8.98. The topological polar surface area (TPSA) is 42.7 Å². The van der Waals surface area contributed by atoms with E-state index in [4.69, 9.17) is 0 Å². The zero-order chi connectivity index (χ0) is 14.3. The first-order chi connectivity index (χ1) is 9.54. The minimum absolute atomic E-state index is 0.252. The lowest BCUT2D eigenvalue weighted by atomic mass is 10.2. The number of halogens is 1. The van der Waals surface area contributed by atoms with Crippen LogP contribution in [0.25, 0.3) is 11.0 Å². The molecular formula is C14H15BrN4S. The molecule has 0 aromatic carbocycles. The maximum absolute atomic E-state index is 4.49. The number of rotatable bonds is 3. The van der Waals surface area contributed by atoms with Gasteiger partial charge in [0.15, 0.2) is 5.65 Å². The molecule has 0 aliphatic rings. The zero-order valence-electron chi connectivity index (χ0n) is 11.5. The first-order valence-corrected chi connectivity index (χ1v) is 7.96. The molecule has 1 unspecified atom stereocenters. The Morgan fingerprint density at radius 2 is 2.20 bits per heavy atom. The fourth-order valence-corrected chi connectivity index (χ4v) is 3.69. The Labute approximate surface area is 130 Å². The summed E-state index contributed by atoms with van der Waals surface area (Å²) in [6.45, 7) is 4.16. The Hall–Kier alpha value is -1.40. The van der Waals surface area contributed by atoms with E-state index in [0.29, 0.717) is 0 Å². The van der Waals surface area contributed by atoms with Crippen LogP contribution < -0.4 is 5.32 Å². The smallest absolute Gasteiger partial charge is 0.157 e. The number of pyridine rings is 1. The SMILES string of the molecule is Cc1nn(C)c2ncc(NC(C)c3ccc(Br)s3)cc12. The molecule has 0 aliphatic heterocycles. The minimum Gasteiger partial charge on any atom is -0.376 e. The van der Waals surface area contributed by atoms with Gasteiger partial charge in [0.05, 0.1) is 27.4 Å². The summed E-state index contributed by atoms with van der Waals surface area (Å²) in [7, 11) is 1.92. The number of anilines is 1. The van der Waals surface area contributed by atoms with Crippen molar-refractivity contribution in [3.05, 3.63) is 38.8 Å². The summed E-state index contributed by atoms with van der Waals surface area (Å²) in [4.78, 5) is 5.78. The molecule has 0 aliphatic carbocycles. The fourth-order valence-electron chi connectivity index (χ4n) is 2.27. The average molecular weight is 351 g/mol. The van der Waals surface area contributed by atoms with E-state index < -0.39 is 0 Å². The molecule has 104 valence electrons. The summed E-state index contributed by atoms with van der Waals surface area (Å²) < 4.78 is 2.96. The second-order valence-corrected chi connectivity index (χ2v) is 7.31. The van der Waals surface area contributed by atoms with Crippen molar-refractivity contribution < 1.29 is 0 Å². The molecule has 0 radical (unpaired) electrons. The quantitative estimate of drug-likeness (QED) is 0.766. The first kappa shape index (κ1) is 13.6. The van der Waals surface area contributed by atoms with Crippen LogP contribution in [0, 0.1) is 6.92 Å². The number of nitrogens with zero attached hydrogens (tertiary/aromatic N) is 3. The normalized spacial score (nSPS) is 12.8. The molecule has 0 bridgehead atoms. The third-order valence-corrected chi connectivity index (χ3v) is 5.07. The summed E-state index contributed by atoms with van der Waals surface area (Å²) in [6, 6.07) is 6.57. The van der Waals surface area contributed by atoms with Crippen LogP contribution in [0.15, 0.2) is 28.2 Å². The van der Waals surface area contributed by atoms with Gasteiger partial charge in [-0.25, -0.2) is 4.98 Å². The van der Waals surface area contributed by atoms with Crippen molar-refractivity contribution in [3.63, 3.8) is 0 Å². The number of fused-ring (bicyclic) bond motifs is 1. The van der Waals surface area contributed by atoms with E-state index in [0.717, 1.165) is 26.2 Å². The highest BCUT2D eigenvalue weighted by atomic mass is 79.9. The number of aromatic nitrogens is 3. The van der Waals surface area contributed by atoms with Gasteiger partial charge in [-0.2, -0.15) is 5.10 Å². The summed E-state index contributed by atoms with van der Waals surface area (Å²) >= 11 is 5.24. The van der Waals surface area contributed by atoms with Gasteiger partial charge in [0.1, 0.15) is 0 Å². The van der Waals surface area contributed by atoms with Crippen LogP contribution in [-0.2, 0) is 7.05 Å². The van der Waals surface area contributed by atoms with Gasteiger partial charge < -0.3 is 5.32 Å². The molecule has 0 fully saturated rings. The number of nitrogens with one attached hydrogen (secondary N) is 1. The predicted molar refractivity (Wildman–Crippen MR) is 87.3 cm³/mol. The molecule has 6 heteroatoms. The Balaban J connectivity index is 1.89. The lowest BCUT2D eigenvalue weighted by Crippen LogP contribution is -2.05. The summed E-state index contributed by atoms with van der Waals surface area (Å²) in [5.41, 5.74) is 2.94. The van der Waals surface area contributed by atoms with Crippen molar-refractivity contribution in [2.24, 2.45) is 7.05 Å². The Kier molecular flexibility index (Phi) is 3.52. The van der Waals surface area contributed by atoms with Crippen LogP contribution in [0.2, 0.25) is 0 Å². The Bertz CT molecular complexity index is 762. The summed E-state index contributed by atoms with van der Waals surface area (Å²) in [5.74, 6) is 0. The molecule has 4 nitrogen and oxygen atoms in total. The van der Waals surface area contributed by atoms with Crippen molar-refractivity contribution >= 4 is 44.0 Å². The van der Waals surface area contributed by atoms with Gasteiger partial charge >= 0.3 is 0 Å². The highest BCUT2D eigenvalue weighted by Crippen LogP contribution is 2.30. The van der Waals surface area contributed by atoms with Gasteiger partial charge in [-0.3, -0.25) is 4.68 Å². The molecule has 0 saturated carbocycles. The second-order valence-electron chi connectivity index (χ2n) is 4.81. The largest absolute Gasteiger partial charge is 0.376 e. The van der Waals surface area contributed by atoms with Crippen molar-refractivity contribution in [1.82, 2.24) is 14.8 Å². The van der Waals surface area contributed by atoms with Gasteiger partial charge in [0, 0.05) is 17.3 Å². The van der Waals surface area contributed by atoms with Gasteiger partial charge in [-0.15, -0.1) is 11.3 Å². The van der Waals surface area contributed by atoms with Crippen LogP contribution in [-0.4, -0.2) is 14.8 Å². The van der Waals surface area contributed by atoms with Crippen LogP contribution in [0.1, 0.15) is 23.5 Å². The van der Waals surface area contributed by atoms with E-state index in [1.165, 1.54) is 4.88 Å². The monoisotopic (exact) mass is 350 g/mol. The number of hydrogen-bond acceptors (Lipinski definition) is 4. The zero-order valence-corrected chi connectivity index (χ0v) is 13.9. The molecule has 3 aromatic heterocycles. The lowest BCUT2D eigenvalue weighted by molar-refractivity contribution is 0.774. The van der Waals surface area contributed by atoms with Gasteiger partial charge in [0.2, 0.25) is 0 Å². The maximum Gasteiger partial charge on any atom is 0.157 e. The van der Waals surface area contributed by atoms with Crippen molar-refractivity contribution in [2.45, 2.75) is 19.9 Å². The van der Waals surface area contributed by atoms with Crippen molar-refractivity contribution in [1.29, 1.82) is 0 Å². The Morgan fingerprint density at radius 1 is 1.40 bits per heavy atom. The van der Waals surface area contributed by atoms with Crippen LogP contribution in [0.5, 0.6) is 0 Å². The third-order valence-electron chi connectivity index (χ3n) is 3.27. The number of thiophene rings is 1. The van der Waals surface area contributed by atoms with E-state index in [1.807, 2.05) is 24.9 Å². The third kappa shape index (κ3) is 2.45. The first-order valence-electron chi connectivity index (χ1n) is 6.35. The van der Waals surface area contributed by atoms with Crippen molar-refractivity contribution in [3.8, 4) is 0 Å². The predicted octanol–water partition coefficient (Wildman–Crippen LogP) is 4.27. The van der Waals surface area contributed by atoms with Crippen LogP contribution >= 0.6 is 27.3 Å². The van der Waals surface area contributed by atoms with E-state index in [-0.39, 0.29) is 6.04 Å². The second kappa shape index (κ2) is 5.18. The van der Waals surface area contributed by atoms with E-state index in [1.54, 1.807) is 11.3 Å². The van der Waals surface area contributed by atoms with Crippen molar-refractivity contribution in [2.75, 3.05) is 5.32 Å². The number of hydrogen-bond donors (Lipinski definition) is 1. The standard InChI is InChI=1S/C14H15BrN4S/c1-8-11-6-10(7-16-14(11)19(3)18-8)17-9(2)12-4-5-13(15)20-12/h4-7,9,17H,1-3H3. The number of aryl methyl sites for hydroxylation is 2. The minimum atomic E-state index is 0.252. The molecule has 3 heterocycles. The average Bonchev–Trinajstić information content (AvgIpc) is 2.95. The molecule has 3 rings (SSSR count). The Morgan fingerprint density at radius 3 is 2.90 bits per heavy atom.